The number of aromatic amines is 1. The lowest BCUT2D eigenvalue weighted by Crippen LogP contribution is -2.05. The fourth-order valence-electron chi connectivity index (χ4n) is 2.51. The lowest BCUT2D eigenvalue weighted by atomic mass is 9.99. The van der Waals surface area contributed by atoms with Gasteiger partial charge in [-0.25, -0.2) is 4.39 Å². The van der Waals surface area contributed by atoms with Gasteiger partial charge in [-0.1, -0.05) is 23.8 Å². The lowest BCUT2D eigenvalue weighted by molar-refractivity contribution is 0.103. The highest BCUT2D eigenvalue weighted by Crippen LogP contribution is 2.26. The SMILES string of the molecule is Cc1ccc2[nH]c(C)c(C(=O)c3ccccc3F)c2c1. The summed E-state index contributed by atoms with van der Waals surface area (Å²) in [5.74, 6) is -0.767. The summed E-state index contributed by atoms with van der Waals surface area (Å²) in [4.78, 5) is 15.8. The fraction of sp³-hybridized carbons (Fsp3) is 0.118. The third kappa shape index (κ3) is 1.92. The topological polar surface area (TPSA) is 32.9 Å². The van der Waals surface area contributed by atoms with E-state index in [9.17, 15) is 9.18 Å². The maximum Gasteiger partial charge on any atom is 0.198 e. The summed E-state index contributed by atoms with van der Waals surface area (Å²) in [5, 5.41) is 0.843. The van der Waals surface area contributed by atoms with Crippen molar-refractivity contribution in [1.29, 1.82) is 0 Å². The molecule has 3 heteroatoms. The van der Waals surface area contributed by atoms with E-state index in [2.05, 4.69) is 4.98 Å². The Labute approximate surface area is 116 Å². The summed E-state index contributed by atoms with van der Waals surface area (Å²) >= 11 is 0. The molecule has 0 aliphatic carbocycles. The Morgan fingerprint density at radius 1 is 1.10 bits per heavy atom. The first-order valence-electron chi connectivity index (χ1n) is 6.46. The molecule has 0 aliphatic rings. The molecule has 0 amide bonds. The first-order valence-corrected chi connectivity index (χ1v) is 6.46. The molecule has 0 bridgehead atoms. The van der Waals surface area contributed by atoms with Crippen LogP contribution in [0.15, 0.2) is 42.5 Å². The normalized spacial score (nSPS) is 10.9. The van der Waals surface area contributed by atoms with E-state index in [-0.39, 0.29) is 11.3 Å². The molecule has 0 spiro atoms. The Kier molecular flexibility index (Phi) is 2.90. The van der Waals surface area contributed by atoms with E-state index in [4.69, 9.17) is 0 Å². The Bertz CT molecular complexity index is 817. The lowest BCUT2D eigenvalue weighted by Gasteiger charge is -2.03. The molecular weight excluding hydrogens is 253 g/mol. The molecule has 0 atom stereocenters. The van der Waals surface area contributed by atoms with E-state index in [1.807, 2.05) is 32.0 Å². The third-order valence-electron chi connectivity index (χ3n) is 3.49. The fourth-order valence-corrected chi connectivity index (χ4v) is 2.51. The summed E-state index contributed by atoms with van der Waals surface area (Å²) in [6.07, 6.45) is 0. The van der Waals surface area contributed by atoms with Crippen molar-refractivity contribution in [3.05, 3.63) is 70.7 Å². The van der Waals surface area contributed by atoms with Gasteiger partial charge in [0, 0.05) is 16.6 Å². The molecule has 1 N–H and O–H groups in total. The predicted molar refractivity (Wildman–Crippen MR) is 77.6 cm³/mol. The first-order chi connectivity index (χ1) is 9.58. The number of hydrogen-bond donors (Lipinski definition) is 1. The minimum atomic E-state index is -0.487. The first kappa shape index (κ1) is 12.6. The molecule has 2 nitrogen and oxygen atoms in total. The molecule has 0 unspecified atom stereocenters. The summed E-state index contributed by atoms with van der Waals surface area (Å²) in [6, 6.07) is 12.0. The summed E-state index contributed by atoms with van der Waals surface area (Å²) < 4.78 is 13.8. The molecule has 0 saturated carbocycles. The van der Waals surface area contributed by atoms with Crippen LogP contribution in [0.1, 0.15) is 27.2 Å². The van der Waals surface area contributed by atoms with Gasteiger partial charge in [0.25, 0.3) is 0 Å². The second-order valence-electron chi connectivity index (χ2n) is 4.98. The molecule has 100 valence electrons. The van der Waals surface area contributed by atoms with Crippen LogP contribution in [0.25, 0.3) is 10.9 Å². The molecule has 1 heterocycles. The van der Waals surface area contributed by atoms with Crippen molar-refractivity contribution in [2.24, 2.45) is 0 Å². The molecule has 0 aliphatic heterocycles. The average molecular weight is 267 g/mol. The van der Waals surface area contributed by atoms with Gasteiger partial charge >= 0.3 is 0 Å². The quantitative estimate of drug-likeness (QED) is 0.695. The zero-order valence-electron chi connectivity index (χ0n) is 11.3. The number of carbonyl (C=O) groups is 1. The van der Waals surface area contributed by atoms with E-state index >= 15 is 0 Å². The number of H-pyrrole nitrogens is 1. The van der Waals surface area contributed by atoms with E-state index < -0.39 is 5.82 Å². The van der Waals surface area contributed by atoms with Crippen molar-refractivity contribution in [3.8, 4) is 0 Å². The van der Waals surface area contributed by atoms with Crippen LogP contribution in [0, 0.1) is 19.7 Å². The minimum Gasteiger partial charge on any atom is -0.358 e. The number of ketones is 1. The van der Waals surface area contributed by atoms with Crippen LogP contribution in [0.5, 0.6) is 0 Å². The molecule has 0 radical (unpaired) electrons. The third-order valence-corrected chi connectivity index (χ3v) is 3.49. The number of aromatic nitrogens is 1. The van der Waals surface area contributed by atoms with Gasteiger partial charge < -0.3 is 4.98 Å². The van der Waals surface area contributed by atoms with Gasteiger partial charge in [0.05, 0.1) is 11.1 Å². The van der Waals surface area contributed by atoms with Gasteiger partial charge in [-0.15, -0.1) is 0 Å². The van der Waals surface area contributed by atoms with Gasteiger partial charge in [-0.3, -0.25) is 4.79 Å². The van der Waals surface area contributed by atoms with Crippen LogP contribution in [0.4, 0.5) is 4.39 Å². The van der Waals surface area contributed by atoms with Crippen molar-refractivity contribution >= 4 is 16.7 Å². The van der Waals surface area contributed by atoms with Gasteiger partial charge in [0.2, 0.25) is 0 Å². The van der Waals surface area contributed by atoms with Gasteiger partial charge in [-0.05, 0) is 38.1 Å². The van der Waals surface area contributed by atoms with Gasteiger partial charge in [-0.2, -0.15) is 0 Å². The second-order valence-corrected chi connectivity index (χ2v) is 4.98. The standard InChI is InChI=1S/C17H14FNO/c1-10-7-8-15-13(9-10)16(11(2)19-15)17(20)12-5-3-4-6-14(12)18/h3-9,19H,1-2H3. The van der Waals surface area contributed by atoms with E-state index in [1.54, 1.807) is 12.1 Å². The highest BCUT2D eigenvalue weighted by molar-refractivity contribution is 6.17. The molecular formula is C17H14FNO. The number of rotatable bonds is 2. The van der Waals surface area contributed by atoms with Crippen LogP contribution in [0.3, 0.4) is 0 Å². The maximum atomic E-state index is 13.8. The van der Waals surface area contributed by atoms with Crippen LogP contribution in [0.2, 0.25) is 0 Å². The summed E-state index contributed by atoms with van der Waals surface area (Å²) in [6.45, 7) is 3.81. The number of hydrogen-bond acceptors (Lipinski definition) is 1. The smallest absolute Gasteiger partial charge is 0.198 e. The van der Waals surface area contributed by atoms with Gasteiger partial charge in [0.1, 0.15) is 5.82 Å². The molecule has 3 aromatic rings. The maximum absolute atomic E-state index is 13.8. The van der Waals surface area contributed by atoms with Crippen molar-refractivity contribution < 1.29 is 9.18 Å². The molecule has 20 heavy (non-hydrogen) atoms. The molecule has 2 aromatic carbocycles. The van der Waals surface area contributed by atoms with Crippen molar-refractivity contribution in [1.82, 2.24) is 4.98 Å². The monoisotopic (exact) mass is 267 g/mol. The van der Waals surface area contributed by atoms with E-state index in [0.717, 1.165) is 22.2 Å². The number of aryl methyl sites for hydroxylation is 2. The van der Waals surface area contributed by atoms with Crippen LogP contribution < -0.4 is 0 Å². The minimum absolute atomic E-state index is 0.109. The average Bonchev–Trinajstić information content (AvgIpc) is 2.74. The number of carbonyl (C=O) groups excluding carboxylic acids is 1. The number of fused-ring (bicyclic) bond motifs is 1. The zero-order chi connectivity index (χ0) is 14.3. The largest absolute Gasteiger partial charge is 0.358 e. The second kappa shape index (κ2) is 4.60. The van der Waals surface area contributed by atoms with Crippen LogP contribution in [-0.2, 0) is 0 Å². The Morgan fingerprint density at radius 2 is 1.85 bits per heavy atom. The van der Waals surface area contributed by atoms with E-state index in [1.165, 1.54) is 12.1 Å². The number of halogens is 1. The molecule has 1 aromatic heterocycles. The Hall–Kier alpha value is -2.42. The van der Waals surface area contributed by atoms with Crippen molar-refractivity contribution in [3.63, 3.8) is 0 Å². The number of nitrogens with one attached hydrogen (secondary N) is 1. The highest BCUT2D eigenvalue weighted by atomic mass is 19.1. The molecule has 0 saturated heterocycles. The van der Waals surface area contributed by atoms with E-state index in [0.29, 0.717) is 5.56 Å². The summed E-state index contributed by atoms with van der Waals surface area (Å²) in [5.41, 5.74) is 3.39. The Balaban J connectivity index is 2.24. The van der Waals surface area contributed by atoms with Crippen molar-refractivity contribution in [2.75, 3.05) is 0 Å². The van der Waals surface area contributed by atoms with Crippen LogP contribution >= 0.6 is 0 Å². The summed E-state index contributed by atoms with van der Waals surface area (Å²) in [7, 11) is 0. The Morgan fingerprint density at radius 3 is 2.60 bits per heavy atom. The molecule has 3 rings (SSSR count). The molecule has 0 fully saturated rings. The van der Waals surface area contributed by atoms with Crippen molar-refractivity contribution in [2.45, 2.75) is 13.8 Å². The zero-order valence-corrected chi connectivity index (χ0v) is 11.3. The van der Waals surface area contributed by atoms with Crippen LogP contribution in [-0.4, -0.2) is 10.8 Å². The number of benzene rings is 2. The highest BCUT2D eigenvalue weighted by Gasteiger charge is 2.20. The van der Waals surface area contributed by atoms with Gasteiger partial charge in [0.15, 0.2) is 5.78 Å². The predicted octanol–water partition coefficient (Wildman–Crippen LogP) is 4.15.